The van der Waals surface area contributed by atoms with E-state index in [4.69, 9.17) is 28.7 Å². The maximum atomic E-state index is 12.8. The van der Waals surface area contributed by atoms with Crippen molar-refractivity contribution in [1.82, 2.24) is 74.3 Å². The van der Waals surface area contributed by atoms with Crippen LogP contribution in [0.15, 0.2) is 243 Å². The molecule has 2 aromatic carbocycles. The van der Waals surface area contributed by atoms with Crippen molar-refractivity contribution in [3.8, 4) is 0 Å². The number of nitrogens with zero attached hydrogens (tertiary/aromatic N) is 20. The topological polar surface area (TPSA) is 462 Å². The molecule has 5 amide bonds. The number of carbonyl (C=O) groups excluding carboxylic acids is 10. The molecule has 146 heavy (non-hydrogen) atoms. The van der Waals surface area contributed by atoms with Crippen LogP contribution in [-0.2, 0) is 25.6 Å². The molecule has 758 valence electrons. The number of nitrogens with two attached hydrogens (primary N) is 5. The Morgan fingerprint density at radius 3 is 0.890 bits per heavy atom. The summed E-state index contributed by atoms with van der Waals surface area (Å²) in [6.07, 6.45) is 9.22. The van der Waals surface area contributed by atoms with E-state index in [1.165, 1.54) is 23.9 Å². The quantitative estimate of drug-likeness (QED) is 0.0371. The third kappa shape index (κ3) is 29.1. The summed E-state index contributed by atoms with van der Waals surface area (Å²) in [5, 5.41) is 0. The summed E-state index contributed by atoms with van der Waals surface area (Å²) in [7, 11) is 0. The lowest BCUT2D eigenvalue weighted by molar-refractivity contribution is -0.149. The van der Waals surface area contributed by atoms with E-state index in [-0.39, 0.29) is 98.8 Å². The van der Waals surface area contributed by atoms with Gasteiger partial charge in [-0.3, -0.25) is 47.9 Å². The molecule has 38 heteroatoms. The van der Waals surface area contributed by atoms with Crippen molar-refractivity contribution in [2.75, 3.05) is 184 Å². The second-order valence-electron chi connectivity index (χ2n) is 36.1. The van der Waals surface area contributed by atoms with E-state index in [9.17, 15) is 61.1 Å². The van der Waals surface area contributed by atoms with E-state index >= 15 is 0 Å². The summed E-state index contributed by atoms with van der Waals surface area (Å²) >= 11 is 0. The molecule has 0 spiro atoms. The molecule has 5 saturated heterocycles. The number of amides is 5. The Morgan fingerprint density at radius 2 is 0.589 bits per heavy atom. The van der Waals surface area contributed by atoms with E-state index in [2.05, 4.69) is 69.4 Å². The Bertz CT molecular complexity index is 6570. The van der Waals surface area contributed by atoms with Crippen molar-refractivity contribution in [2.24, 2.45) is 11.8 Å². The highest BCUT2D eigenvalue weighted by Crippen LogP contribution is 2.34. The first-order chi connectivity index (χ1) is 70.6. The van der Waals surface area contributed by atoms with Gasteiger partial charge in [-0.25, -0.2) is 49.8 Å². The van der Waals surface area contributed by atoms with Crippen LogP contribution in [0, 0.1) is 11.8 Å². The smallest absolute Gasteiger partial charge is 0.383 e. The van der Waals surface area contributed by atoms with Gasteiger partial charge in [-0.2, -0.15) is 13.2 Å². The van der Waals surface area contributed by atoms with Crippen LogP contribution in [0.2, 0.25) is 0 Å². The molecule has 18 rings (SSSR count). The van der Waals surface area contributed by atoms with Crippen LogP contribution in [0.4, 0.5) is 71.3 Å². The number of alkyl halides is 3. The number of anilines is 10. The maximum Gasteiger partial charge on any atom is 0.389 e. The number of hydrogen-bond acceptors (Lipinski definition) is 30. The number of nitrogen functional groups attached to an aromatic ring is 5. The lowest BCUT2D eigenvalue weighted by Gasteiger charge is -2.24. The van der Waals surface area contributed by atoms with Gasteiger partial charge >= 0.3 is 6.18 Å². The molecule has 35 nitrogen and oxygen atoms in total. The number of rotatable bonds is 23. The molecule has 6 aliphatic rings. The van der Waals surface area contributed by atoms with Gasteiger partial charge in [0, 0.05) is 186 Å². The highest BCUT2D eigenvalue weighted by atomic mass is 19.4. The number of benzene rings is 2. The number of hydrogen-bond donors (Lipinski definition) is 5. The minimum atomic E-state index is -4.35. The number of carbonyl (C=O) groups is 10. The standard InChI is InChI=1S/C24H25N5O2.C23H23N5O2.C21H25N5O2.C20H22F3N5O2.C20H25N5O2/c25-24-19(9-5-12-26-24)23(31)20-10-4-11-21(27-20)28-13-6-14-29(16-15-28)22(30)17-18-7-2-1-3-8-18;24-22-18(9-5-12-25-22)21(29)19-10-4-11-20(26-19)27-13-6-14-28(16-15-27)23(30)17-7-2-1-3-8-17;22-21-16(4-2-9-23-21)20(28)17-5-1-6-18(24-17)25-10-3-11-26(13-12-25)19(27)14-15-7-8-15;21-20(22,23)8-7-17(29)28-11-3-10-27(12-13-28)16-6-1-5-15(26-16)18(30)14-4-2-9-25-19(14)24;1-14(2)20(27)25-11-5-10-24(12-13-25)17-8-3-7-16(23-17)18(26)15-6-4-9-22-19(15)21/h1-5,7-12H,6,13-17H2,(H2,25,26);1-5,7-12H,6,13-16H2,(H2,24,25);1-2,4-6,9,15H,3,7-8,10-14H2,(H2,22,23);1-2,4-6,9H,3,7-8,10-13H2,(H2,24,25);3-4,6-9,14H,5,10-13H2,1-2H3,(H2,21,22). The summed E-state index contributed by atoms with van der Waals surface area (Å²) in [4.78, 5) is 188. The molecule has 10 aromatic heterocycles. The lowest BCUT2D eigenvalue weighted by atomic mass is 10.1. The monoisotopic (exact) mass is 1980 g/mol. The molecule has 0 bridgehead atoms. The molecule has 0 unspecified atom stereocenters. The van der Waals surface area contributed by atoms with Gasteiger partial charge in [0.1, 0.15) is 86.6 Å². The zero-order valence-corrected chi connectivity index (χ0v) is 81.7. The minimum Gasteiger partial charge on any atom is -0.383 e. The molecule has 5 aliphatic heterocycles. The predicted molar refractivity (Wildman–Crippen MR) is 552 cm³/mol. The third-order valence-electron chi connectivity index (χ3n) is 25.5. The van der Waals surface area contributed by atoms with Crippen molar-refractivity contribution in [2.45, 2.75) is 90.7 Å². The first-order valence-electron chi connectivity index (χ1n) is 49.0. The second-order valence-corrected chi connectivity index (χ2v) is 36.1. The molecule has 0 radical (unpaired) electrons. The van der Waals surface area contributed by atoms with E-state index < -0.39 is 24.9 Å². The zero-order valence-electron chi connectivity index (χ0n) is 81.7. The Morgan fingerprint density at radius 1 is 0.308 bits per heavy atom. The van der Waals surface area contributed by atoms with Gasteiger partial charge in [0.25, 0.3) is 5.91 Å². The molecular formula is C108H120F3N25O10. The second kappa shape index (κ2) is 50.9. The normalized spacial score (nSPS) is 15.1. The summed E-state index contributed by atoms with van der Waals surface area (Å²) in [6, 6.07) is 62.4. The molecule has 12 aromatic rings. The number of ketones is 5. The molecule has 0 atom stereocenters. The van der Waals surface area contributed by atoms with E-state index in [1.54, 1.807) is 128 Å². The third-order valence-corrected chi connectivity index (χ3v) is 25.5. The molecule has 1 saturated carbocycles. The van der Waals surface area contributed by atoms with Crippen molar-refractivity contribution in [3.05, 3.63) is 311 Å². The van der Waals surface area contributed by atoms with Gasteiger partial charge in [0.2, 0.25) is 52.5 Å². The number of aromatic nitrogens is 10. The Labute approximate surface area is 844 Å². The summed E-state index contributed by atoms with van der Waals surface area (Å²) in [5.74, 6) is 3.84. The van der Waals surface area contributed by atoms with Crippen LogP contribution < -0.4 is 53.2 Å². The molecule has 15 heterocycles. The number of pyridine rings is 10. The van der Waals surface area contributed by atoms with E-state index in [0.717, 1.165) is 100 Å². The van der Waals surface area contributed by atoms with E-state index in [0.29, 0.717) is 167 Å². The van der Waals surface area contributed by atoms with Crippen LogP contribution >= 0.6 is 0 Å². The average Bonchev–Trinajstić information content (AvgIpc) is 1.61. The van der Waals surface area contributed by atoms with Crippen molar-refractivity contribution in [3.63, 3.8) is 0 Å². The fourth-order valence-corrected chi connectivity index (χ4v) is 17.4. The average molecular weight is 1990 g/mol. The summed E-state index contributed by atoms with van der Waals surface area (Å²) in [6.45, 7) is 16.9. The fraction of sp³-hybridized carbons (Fsp3) is 0.333. The van der Waals surface area contributed by atoms with E-state index in [1.807, 2.05) is 148 Å². The van der Waals surface area contributed by atoms with Crippen LogP contribution in [0.3, 0.4) is 0 Å². The van der Waals surface area contributed by atoms with Gasteiger partial charge < -0.3 is 77.7 Å². The first kappa shape index (κ1) is 105. The van der Waals surface area contributed by atoms with Crippen LogP contribution in [0.25, 0.3) is 0 Å². The zero-order chi connectivity index (χ0) is 103. The van der Waals surface area contributed by atoms with Gasteiger partial charge in [-0.05, 0) is 190 Å². The van der Waals surface area contributed by atoms with Crippen molar-refractivity contribution < 1.29 is 61.1 Å². The lowest BCUT2D eigenvalue weighted by Crippen LogP contribution is -2.37. The largest absolute Gasteiger partial charge is 0.389 e. The van der Waals surface area contributed by atoms with Crippen LogP contribution in [-0.4, -0.2) is 270 Å². The van der Waals surface area contributed by atoms with Gasteiger partial charge in [-0.15, -0.1) is 0 Å². The predicted octanol–water partition coefficient (Wildman–Crippen LogP) is 12.0. The maximum absolute atomic E-state index is 12.8. The molecular weight excluding hydrogens is 1860 g/mol. The molecule has 10 N–H and O–H groups in total. The summed E-state index contributed by atoms with van der Waals surface area (Å²) in [5.41, 5.74) is 34.1. The number of halogens is 3. The Balaban J connectivity index is 0.000000144. The SMILES string of the molecule is CC(C)C(=O)N1CCCN(c2cccc(C(=O)c3cccnc3N)n2)CC1.Nc1ncccc1C(=O)c1cccc(N2CCCN(C(=O)CC3CC3)CC2)n1.Nc1ncccc1C(=O)c1cccc(N2CCCN(C(=O)CCC(F)(F)F)CC2)n1.Nc1ncccc1C(=O)c1cccc(N2CCCN(C(=O)Cc3ccccc3)CC2)n1.Nc1ncccc1C(=O)c1cccc(N2CCCN(C(=O)c3ccccc3)CC2)n1. The highest BCUT2D eigenvalue weighted by Gasteiger charge is 2.34. The first-order valence-corrected chi connectivity index (χ1v) is 49.0. The van der Waals surface area contributed by atoms with Gasteiger partial charge in [0.15, 0.2) is 0 Å². The summed E-state index contributed by atoms with van der Waals surface area (Å²) < 4.78 is 37.1. The van der Waals surface area contributed by atoms with Crippen molar-refractivity contribution in [1.29, 1.82) is 0 Å². The highest BCUT2D eigenvalue weighted by molar-refractivity contribution is 6.13. The van der Waals surface area contributed by atoms with Gasteiger partial charge in [0.05, 0.1) is 40.7 Å². The molecule has 1 aliphatic carbocycles. The molecule has 6 fully saturated rings. The fourth-order valence-electron chi connectivity index (χ4n) is 17.4. The Kier molecular flexibility index (Phi) is 36.7. The van der Waals surface area contributed by atoms with Crippen molar-refractivity contribution >= 4 is 117 Å². The van der Waals surface area contributed by atoms with Crippen LogP contribution in [0.5, 0.6) is 0 Å². The minimum absolute atomic E-state index is 0.000523. The Hall–Kier alpha value is -16.6. The van der Waals surface area contributed by atoms with Gasteiger partial charge in [-0.1, -0.05) is 92.7 Å². The van der Waals surface area contributed by atoms with Crippen LogP contribution in [0.1, 0.15) is 174 Å².